The van der Waals surface area contributed by atoms with Gasteiger partial charge < -0.3 is 20.3 Å². The molecule has 0 bridgehead atoms. The number of anilines is 4. The third-order valence-corrected chi connectivity index (χ3v) is 6.73. The Bertz CT molecular complexity index is 1550. The summed E-state index contributed by atoms with van der Waals surface area (Å²) in [6.07, 6.45) is 0.577. The van der Waals surface area contributed by atoms with Gasteiger partial charge in [-0.1, -0.05) is 6.58 Å². The van der Waals surface area contributed by atoms with Crippen LogP contribution in [0.4, 0.5) is 36.3 Å². The number of nitrogens with zero attached hydrogens (tertiary/aromatic N) is 5. The number of hydrogen-bond acceptors (Lipinski definition) is 8. The smallest absolute Gasteiger partial charge is 0.248 e. The number of aromatic nitrogens is 3. The molecule has 1 aliphatic heterocycles. The lowest BCUT2D eigenvalue weighted by atomic mass is 10.0. The van der Waals surface area contributed by atoms with Gasteiger partial charge in [-0.3, -0.25) is 9.69 Å². The van der Waals surface area contributed by atoms with E-state index in [0.29, 0.717) is 54.1 Å². The highest BCUT2D eigenvalue weighted by Gasteiger charge is 2.36. The Kier molecular flexibility index (Phi) is 8.41. The van der Waals surface area contributed by atoms with Gasteiger partial charge in [0.15, 0.2) is 0 Å². The molecule has 4 aromatic rings. The average molecular weight is 564 g/mol. The molecule has 1 amide bonds. The van der Waals surface area contributed by atoms with Gasteiger partial charge in [-0.2, -0.15) is 0 Å². The van der Waals surface area contributed by atoms with Crippen LogP contribution in [0.25, 0.3) is 22.0 Å². The molecule has 9 nitrogen and oxygen atoms in total. The van der Waals surface area contributed by atoms with Gasteiger partial charge in [-0.15, -0.1) is 0 Å². The summed E-state index contributed by atoms with van der Waals surface area (Å²) in [7, 11) is 1.52. The lowest BCUT2D eigenvalue weighted by molar-refractivity contribution is -0.111. The summed E-state index contributed by atoms with van der Waals surface area (Å²) in [5, 5.41) is 6.26. The molecular weight excluding hydrogens is 535 g/mol. The third-order valence-electron chi connectivity index (χ3n) is 6.73. The van der Waals surface area contributed by atoms with Crippen LogP contribution in [0.15, 0.2) is 73.6 Å². The van der Waals surface area contributed by atoms with Crippen LogP contribution in [-0.2, 0) is 9.53 Å². The Morgan fingerprint density at radius 1 is 1.12 bits per heavy atom. The zero-order chi connectivity index (χ0) is 28.9. The molecule has 2 unspecified atom stereocenters. The van der Waals surface area contributed by atoms with Crippen molar-refractivity contribution in [1.82, 2.24) is 19.9 Å². The van der Waals surface area contributed by atoms with E-state index in [1.807, 2.05) is 0 Å². The molecule has 2 aromatic heterocycles. The number of fused-ring (bicyclic) bond motifs is 1. The first-order valence-corrected chi connectivity index (χ1v) is 12.9. The predicted octanol–water partition coefficient (Wildman–Crippen LogP) is 5.06. The van der Waals surface area contributed by atoms with Gasteiger partial charge in [-0.05, 0) is 60.2 Å². The summed E-state index contributed by atoms with van der Waals surface area (Å²) in [5.74, 6) is -0.496. The number of hydrogen-bond donors (Lipinski definition) is 2. The maximum absolute atomic E-state index is 15.1. The van der Waals surface area contributed by atoms with Crippen molar-refractivity contribution in [1.29, 1.82) is 0 Å². The van der Waals surface area contributed by atoms with Crippen molar-refractivity contribution >= 4 is 40.0 Å². The van der Waals surface area contributed by atoms with E-state index in [0.717, 1.165) is 6.08 Å². The molecule has 1 aliphatic rings. The Morgan fingerprint density at radius 3 is 2.68 bits per heavy atom. The minimum Gasteiger partial charge on any atom is -0.383 e. The van der Waals surface area contributed by atoms with E-state index in [9.17, 15) is 13.6 Å². The number of pyridine rings is 1. The first kappa shape index (κ1) is 28.0. The molecule has 41 heavy (non-hydrogen) atoms. The molecule has 0 aliphatic carbocycles. The number of amides is 1. The first-order valence-electron chi connectivity index (χ1n) is 12.9. The number of alkyl halides is 2. The highest BCUT2D eigenvalue weighted by Crippen LogP contribution is 2.32. The molecular formula is C29H28F3N7O2. The Labute approximate surface area is 234 Å². The van der Waals surface area contributed by atoms with E-state index >= 15 is 4.39 Å². The van der Waals surface area contributed by atoms with Gasteiger partial charge in [-0.25, -0.2) is 28.1 Å². The second-order valence-electron chi connectivity index (χ2n) is 9.32. The summed E-state index contributed by atoms with van der Waals surface area (Å²) in [6.45, 7) is 4.77. The fraction of sp³-hybridized carbons (Fsp3) is 0.241. The SMILES string of the molecule is C=CC(=O)Nc1cc(-c2c(F)ccc3cnc(Nc4ccc(N5CCN(CCOC)C(F)C5F)cc4)nc23)ccn1. The first-order chi connectivity index (χ1) is 19.9. The van der Waals surface area contributed by atoms with E-state index in [4.69, 9.17) is 4.74 Å². The molecule has 212 valence electrons. The largest absolute Gasteiger partial charge is 0.383 e. The molecule has 1 fully saturated rings. The molecule has 2 atom stereocenters. The summed E-state index contributed by atoms with van der Waals surface area (Å²) in [4.78, 5) is 27.5. The van der Waals surface area contributed by atoms with Crippen LogP contribution in [0.1, 0.15) is 0 Å². The van der Waals surface area contributed by atoms with Crippen molar-refractivity contribution in [2.75, 3.05) is 48.9 Å². The van der Waals surface area contributed by atoms with Crippen molar-refractivity contribution in [3.05, 3.63) is 79.4 Å². The normalized spacial score (nSPS) is 17.4. The summed E-state index contributed by atoms with van der Waals surface area (Å²) >= 11 is 0. The van der Waals surface area contributed by atoms with Crippen LogP contribution in [0.2, 0.25) is 0 Å². The predicted molar refractivity (Wildman–Crippen MR) is 152 cm³/mol. The maximum Gasteiger partial charge on any atom is 0.248 e. The number of benzene rings is 2. The lowest BCUT2D eigenvalue weighted by Crippen LogP contribution is -2.56. The van der Waals surface area contributed by atoms with Crippen molar-refractivity contribution < 1.29 is 22.7 Å². The zero-order valence-electron chi connectivity index (χ0n) is 22.2. The minimum absolute atomic E-state index is 0.213. The molecule has 5 rings (SSSR count). The van der Waals surface area contributed by atoms with E-state index in [-0.39, 0.29) is 17.3 Å². The monoisotopic (exact) mass is 563 g/mol. The number of ether oxygens (including phenoxy) is 1. The number of carbonyl (C=O) groups is 1. The lowest BCUT2D eigenvalue weighted by Gasteiger charge is -2.41. The van der Waals surface area contributed by atoms with Crippen molar-refractivity contribution in [3.63, 3.8) is 0 Å². The number of halogens is 3. The van der Waals surface area contributed by atoms with Crippen molar-refractivity contribution in [2.45, 2.75) is 12.6 Å². The van der Waals surface area contributed by atoms with Gasteiger partial charge in [0.05, 0.1) is 12.1 Å². The molecule has 12 heteroatoms. The van der Waals surface area contributed by atoms with Gasteiger partial charge in [0.1, 0.15) is 11.6 Å². The standard InChI is InChI=1S/C29H28F3N7O2/c1-3-24(40)36-23-16-18(10-11-33-23)25-22(30)9-4-19-17-34-29(37-26(19)25)35-20-5-7-21(8-6-20)39-13-12-38(14-15-41-2)27(31)28(39)32/h3-11,16-17,27-28H,1,12-15H2,2H3,(H,33,36,40)(H,34,35,37). The summed E-state index contributed by atoms with van der Waals surface area (Å²) < 4.78 is 49.6. The van der Waals surface area contributed by atoms with Crippen LogP contribution < -0.4 is 15.5 Å². The second-order valence-corrected chi connectivity index (χ2v) is 9.32. The highest BCUT2D eigenvalue weighted by atomic mass is 19.2. The molecule has 3 heterocycles. The third kappa shape index (κ3) is 6.13. The van der Waals surface area contributed by atoms with Crippen LogP contribution in [0.3, 0.4) is 0 Å². The number of carbonyl (C=O) groups excluding carboxylic acids is 1. The Morgan fingerprint density at radius 2 is 1.93 bits per heavy atom. The van der Waals surface area contributed by atoms with Crippen LogP contribution in [-0.4, -0.2) is 71.7 Å². The average Bonchev–Trinajstić information content (AvgIpc) is 2.98. The minimum atomic E-state index is -1.81. The molecule has 1 saturated heterocycles. The number of piperazine rings is 1. The molecule has 2 N–H and O–H groups in total. The molecule has 2 aromatic carbocycles. The summed E-state index contributed by atoms with van der Waals surface area (Å²) in [5.41, 5.74) is 2.19. The Hall–Kier alpha value is -4.55. The van der Waals surface area contributed by atoms with E-state index < -0.39 is 24.3 Å². The topological polar surface area (TPSA) is 95.5 Å². The zero-order valence-corrected chi connectivity index (χ0v) is 22.2. The van der Waals surface area contributed by atoms with Gasteiger partial charge in [0, 0.05) is 61.5 Å². The van der Waals surface area contributed by atoms with E-state index in [2.05, 4.69) is 32.2 Å². The van der Waals surface area contributed by atoms with E-state index in [1.54, 1.807) is 48.7 Å². The van der Waals surface area contributed by atoms with Gasteiger partial charge >= 0.3 is 0 Å². The fourth-order valence-corrected chi connectivity index (χ4v) is 4.63. The second kappa shape index (κ2) is 12.3. The number of rotatable bonds is 9. The molecule has 0 saturated carbocycles. The summed E-state index contributed by atoms with van der Waals surface area (Å²) in [6, 6.07) is 12.9. The number of nitrogens with one attached hydrogen (secondary N) is 2. The van der Waals surface area contributed by atoms with Crippen LogP contribution >= 0.6 is 0 Å². The Balaban J connectivity index is 1.36. The maximum atomic E-state index is 15.1. The quantitative estimate of drug-likeness (QED) is 0.216. The van der Waals surface area contributed by atoms with Crippen LogP contribution in [0, 0.1) is 5.82 Å². The molecule has 0 spiro atoms. The van der Waals surface area contributed by atoms with Crippen molar-refractivity contribution in [3.8, 4) is 11.1 Å². The van der Waals surface area contributed by atoms with E-state index in [1.165, 1.54) is 29.2 Å². The van der Waals surface area contributed by atoms with Crippen LogP contribution in [0.5, 0.6) is 0 Å². The molecule has 0 radical (unpaired) electrons. The highest BCUT2D eigenvalue weighted by molar-refractivity contribution is 5.99. The van der Waals surface area contributed by atoms with Gasteiger partial charge in [0.2, 0.25) is 24.4 Å². The fourth-order valence-electron chi connectivity index (χ4n) is 4.63. The van der Waals surface area contributed by atoms with Gasteiger partial charge in [0.25, 0.3) is 0 Å². The number of methoxy groups -OCH3 is 1. The van der Waals surface area contributed by atoms with Crippen molar-refractivity contribution in [2.24, 2.45) is 0 Å².